The van der Waals surface area contributed by atoms with Gasteiger partial charge in [-0.05, 0) is 50.5 Å². The summed E-state index contributed by atoms with van der Waals surface area (Å²) in [6.45, 7) is 4.14. The second-order valence-electron chi connectivity index (χ2n) is 10.7. The second kappa shape index (κ2) is 5.94. The first-order valence-corrected chi connectivity index (χ1v) is 11.1. The minimum absolute atomic E-state index is 0.0489. The predicted molar refractivity (Wildman–Crippen MR) is 105 cm³/mol. The normalized spacial score (nSPS) is 51.2. The molecule has 5 rings (SSSR count). The zero-order valence-corrected chi connectivity index (χ0v) is 17.5. The van der Waals surface area contributed by atoms with Gasteiger partial charge in [0, 0.05) is 29.6 Å². The Hall–Kier alpha value is -1.73. The number of carbonyl (C=O) groups excluding carboxylic acids is 1. The lowest BCUT2D eigenvalue weighted by molar-refractivity contribution is -0.160. The van der Waals surface area contributed by atoms with Crippen molar-refractivity contribution in [2.45, 2.75) is 82.5 Å². The van der Waals surface area contributed by atoms with Crippen molar-refractivity contribution in [2.24, 2.45) is 28.6 Å². The third-order valence-electron chi connectivity index (χ3n) is 9.77. The third-order valence-corrected chi connectivity index (χ3v) is 9.77. The molecule has 3 saturated carbocycles. The van der Waals surface area contributed by atoms with Crippen LogP contribution in [0.4, 0.5) is 0 Å². The molecule has 0 aromatic heterocycles. The lowest BCUT2D eigenvalue weighted by atomic mass is 9.43. The van der Waals surface area contributed by atoms with Crippen molar-refractivity contribution in [1.82, 2.24) is 0 Å². The maximum absolute atomic E-state index is 12.4. The van der Waals surface area contributed by atoms with Gasteiger partial charge in [-0.2, -0.15) is 0 Å². The fourth-order valence-electron chi connectivity index (χ4n) is 8.08. The molecule has 30 heavy (non-hydrogen) atoms. The van der Waals surface area contributed by atoms with E-state index in [9.17, 15) is 24.6 Å². The quantitative estimate of drug-likeness (QED) is 0.599. The average molecular weight is 418 g/mol. The van der Waals surface area contributed by atoms with Crippen molar-refractivity contribution < 1.29 is 34.4 Å². The molecule has 4 fully saturated rings. The van der Waals surface area contributed by atoms with Gasteiger partial charge in [0.05, 0.1) is 17.6 Å². The Bertz CT molecular complexity index is 879. The summed E-state index contributed by atoms with van der Waals surface area (Å²) in [5.41, 5.74) is -1.74. The summed E-state index contributed by atoms with van der Waals surface area (Å²) >= 11 is 0. The SMILES string of the molecule is C[C@]12CCC(=O)C=C1CC(C(=O)O)[C@H]1[C@@H]3CC[C@@](O)(CCC(=O)O)[C@@]3(C)C[C@H]3O[C@]312. The van der Waals surface area contributed by atoms with Gasteiger partial charge in [0.15, 0.2) is 5.78 Å². The average Bonchev–Trinajstić information content (AvgIpc) is 3.32. The molecular weight excluding hydrogens is 388 g/mol. The predicted octanol–water partition coefficient (Wildman–Crippen LogP) is 2.56. The molecule has 3 N–H and O–H groups in total. The highest BCUT2D eigenvalue weighted by Gasteiger charge is 2.82. The van der Waals surface area contributed by atoms with E-state index in [1.165, 1.54) is 0 Å². The minimum Gasteiger partial charge on any atom is -0.481 e. The molecule has 0 amide bonds. The number of rotatable bonds is 4. The maximum atomic E-state index is 12.4. The van der Waals surface area contributed by atoms with Crippen LogP contribution >= 0.6 is 0 Å². The van der Waals surface area contributed by atoms with Gasteiger partial charge in [-0.3, -0.25) is 14.4 Å². The van der Waals surface area contributed by atoms with Crippen LogP contribution in [0.5, 0.6) is 0 Å². The monoisotopic (exact) mass is 418 g/mol. The first-order chi connectivity index (χ1) is 14.0. The Balaban J connectivity index is 1.59. The number of aliphatic carboxylic acids is 2. The van der Waals surface area contributed by atoms with Crippen molar-refractivity contribution in [1.29, 1.82) is 0 Å². The number of fused-ring (bicyclic) bond motifs is 3. The van der Waals surface area contributed by atoms with Crippen molar-refractivity contribution in [2.75, 3.05) is 0 Å². The van der Waals surface area contributed by atoms with Crippen LogP contribution in [0.25, 0.3) is 0 Å². The number of ether oxygens (including phenoxy) is 1. The molecule has 7 nitrogen and oxygen atoms in total. The van der Waals surface area contributed by atoms with Crippen LogP contribution in [0.15, 0.2) is 11.6 Å². The highest BCUT2D eigenvalue weighted by Crippen LogP contribution is 2.77. The third kappa shape index (κ3) is 2.25. The van der Waals surface area contributed by atoms with Crippen molar-refractivity contribution in [3.63, 3.8) is 0 Å². The van der Waals surface area contributed by atoms with Gasteiger partial charge < -0.3 is 20.1 Å². The Kier molecular flexibility index (Phi) is 4.00. The molecule has 8 atom stereocenters. The van der Waals surface area contributed by atoms with Crippen LogP contribution in [0, 0.1) is 28.6 Å². The molecule has 1 unspecified atom stereocenters. The molecule has 4 aliphatic carbocycles. The fraction of sp³-hybridized carbons (Fsp3) is 0.783. The molecule has 1 aliphatic heterocycles. The smallest absolute Gasteiger partial charge is 0.307 e. The van der Waals surface area contributed by atoms with Crippen LogP contribution in [0.2, 0.25) is 0 Å². The Morgan fingerprint density at radius 1 is 1.23 bits per heavy atom. The van der Waals surface area contributed by atoms with E-state index < -0.39 is 34.5 Å². The summed E-state index contributed by atoms with van der Waals surface area (Å²) in [6.07, 6.45) is 4.81. The number of epoxide rings is 1. The molecule has 5 aliphatic rings. The van der Waals surface area contributed by atoms with E-state index in [0.29, 0.717) is 38.5 Å². The zero-order chi connectivity index (χ0) is 21.7. The summed E-state index contributed by atoms with van der Waals surface area (Å²) in [5.74, 6) is -2.70. The maximum Gasteiger partial charge on any atom is 0.307 e. The van der Waals surface area contributed by atoms with E-state index in [-0.39, 0.29) is 42.0 Å². The molecule has 1 heterocycles. The number of ketones is 1. The van der Waals surface area contributed by atoms with Gasteiger partial charge in [0.25, 0.3) is 0 Å². The summed E-state index contributed by atoms with van der Waals surface area (Å²) in [5, 5.41) is 30.9. The van der Waals surface area contributed by atoms with Crippen LogP contribution in [0.1, 0.15) is 65.2 Å². The number of carbonyl (C=O) groups is 3. The lowest BCUT2D eigenvalue weighted by Crippen LogP contribution is -2.63. The first kappa shape index (κ1) is 20.2. The van der Waals surface area contributed by atoms with E-state index in [0.717, 1.165) is 5.57 Å². The zero-order valence-electron chi connectivity index (χ0n) is 17.5. The van der Waals surface area contributed by atoms with Gasteiger partial charge >= 0.3 is 11.9 Å². The number of hydrogen-bond acceptors (Lipinski definition) is 5. The molecule has 1 spiro atoms. The Morgan fingerprint density at radius 3 is 2.63 bits per heavy atom. The Labute approximate surface area is 175 Å². The standard InChI is InChI=1S/C23H30O7/c1-20-6-3-13(24)9-12(20)10-14(19(27)28)18-15-4-7-22(29,8-5-17(25)26)21(15,2)11-16-23(18,20)30-16/h9,14-16,18,29H,3-8,10-11H2,1-2H3,(H,25,26)(H,27,28)/t14?,15-,16+,18-,20-,21-,22+,23+/m0/s1. The van der Waals surface area contributed by atoms with Gasteiger partial charge in [-0.25, -0.2) is 0 Å². The topological polar surface area (TPSA) is 124 Å². The summed E-state index contributed by atoms with van der Waals surface area (Å²) in [6, 6.07) is 0. The molecule has 0 aromatic rings. The highest BCUT2D eigenvalue weighted by atomic mass is 16.6. The lowest BCUT2D eigenvalue weighted by Gasteiger charge is -2.58. The summed E-state index contributed by atoms with van der Waals surface area (Å²) < 4.78 is 6.44. The Morgan fingerprint density at radius 2 is 1.97 bits per heavy atom. The first-order valence-electron chi connectivity index (χ1n) is 11.1. The second-order valence-corrected chi connectivity index (χ2v) is 10.7. The van der Waals surface area contributed by atoms with Crippen LogP contribution < -0.4 is 0 Å². The highest BCUT2D eigenvalue weighted by molar-refractivity contribution is 5.92. The van der Waals surface area contributed by atoms with Crippen molar-refractivity contribution in [3.8, 4) is 0 Å². The van der Waals surface area contributed by atoms with Gasteiger partial charge in [-0.15, -0.1) is 0 Å². The van der Waals surface area contributed by atoms with E-state index in [2.05, 4.69) is 6.92 Å². The van der Waals surface area contributed by atoms with Crippen LogP contribution in [0.3, 0.4) is 0 Å². The van der Waals surface area contributed by atoms with E-state index in [4.69, 9.17) is 9.84 Å². The van der Waals surface area contributed by atoms with Crippen molar-refractivity contribution in [3.05, 3.63) is 11.6 Å². The molecule has 0 radical (unpaired) electrons. The molecule has 0 bridgehead atoms. The summed E-state index contributed by atoms with van der Waals surface area (Å²) in [7, 11) is 0. The number of hydrogen-bond donors (Lipinski definition) is 3. The van der Waals surface area contributed by atoms with Crippen molar-refractivity contribution >= 4 is 17.7 Å². The van der Waals surface area contributed by atoms with Gasteiger partial charge in [0.2, 0.25) is 0 Å². The van der Waals surface area contributed by atoms with Gasteiger partial charge in [-0.1, -0.05) is 19.4 Å². The molecule has 0 aromatic carbocycles. The van der Waals surface area contributed by atoms with E-state index >= 15 is 0 Å². The summed E-state index contributed by atoms with van der Waals surface area (Å²) in [4.78, 5) is 35.7. The number of aliphatic hydroxyl groups is 1. The molecule has 1 saturated heterocycles. The van der Waals surface area contributed by atoms with Gasteiger partial charge in [0.1, 0.15) is 5.60 Å². The minimum atomic E-state index is -1.13. The van der Waals surface area contributed by atoms with Crippen LogP contribution in [-0.2, 0) is 19.1 Å². The fourth-order valence-corrected chi connectivity index (χ4v) is 8.08. The van der Waals surface area contributed by atoms with Crippen LogP contribution in [-0.4, -0.2) is 50.3 Å². The van der Waals surface area contributed by atoms with E-state index in [1.54, 1.807) is 6.08 Å². The molecule has 164 valence electrons. The molecular formula is C23H30O7. The number of carboxylic acids is 2. The molecule has 7 heteroatoms. The van der Waals surface area contributed by atoms with E-state index in [1.807, 2.05) is 6.92 Å². The number of carboxylic acid groups (broad SMARTS) is 2. The largest absolute Gasteiger partial charge is 0.481 e.